The third-order valence-electron chi connectivity index (χ3n) is 6.50. The van der Waals surface area contributed by atoms with E-state index in [0.717, 1.165) is 37.2 Å². The Morgan fingerprint density at radius 1 is 1.13 bits per heavy atom. The van der Waals surface area contributed by atoms with Gasteiger partial charge in [0.05, 0.1) is 29.6 Å². The Bertz CT molecular complexity index is 927. The number of ether oxygens (including phenoxy) is 1. The molecule has 1 aliphatic heterocycles. The lowest BCUT2D eigenvalue weighted by molar-refractivity contribution is -0.133. The average molecular weight is 447 g/mol. The van der Waals surface area contributed by atoms with Gasteiger partial charge >= 0.3 is 0 Å². The van der Waals surface area contributed by atoms with Crippen LogP contribution >= 0.6 is 23.2 Å². The molecule has 2 aromatic carbocycles. The highest BCUT2D eigenvalue weighted by molar-refractivity contribution is 6.42. The van der Waals surface area contributed by atoms with Gasteiger partial charge < -0.3 is 9.64 Å². The van der Waals surface area contributed by atoms with Gasteiger partial charge in [0.15, 0.2) is 0 Å². The lowest BCUT2D eigenvalue weighted by Gasteiger charge is -2.43. The number of halogens is 2. The SMILES string of the molecule is COc1ccc2c(c1)CCC(N1CCCC1)C2N(C)C(=O)Cc1ccc(Cl)c(Cl)c1. The highest BCUT2D eigenvalue weighted by Crippen LogP contribution is 2.39. The van der Waals surface area contributed by atoms with Crippen LogP contribution in [0.15, 0.2) is 36.4 Å². The number of rotatable bonds is 5. The Balaban J connectivity index is 1.63. The van der Waals surface area contributed by atoms with Crippen molar-refractivity contribution in [2.24, 2.45) is 0 Å². The fraction of sp³-hybridized carbons (Fsp3) is 0.458. The molecule has 2 aromatic rings. The molecular formula is C24H28Cl2N2O2. The van der Waals surface area contributed by atoms with Crippen LogP contribution in [-0.2, 0) is 17.6 Å². The van der Waals surface area contributed by atoms with E-state index in [9.17, 15) is 4.79 Å². The first kappa shape index (κ1) is 21.5. The summed E-state index contributed by atoms with van der Waals surface area (Å²) < 4.78 is 5.44. The first-order valence-electron chi connectivity index (χ1n) is 10.6. The van der Waals surface area contributed by atoms with E-state index in [1.807, 2.05) is 24.1 Å². The first-order chi connectivity index (χ1) is 14.5. The van der Waals surface area contributed by atoms with Crippen LogP contribution in [0.2, 0.25) is 10.0 Å². The van der Waals surface area contributed by atoms with Crippen LogP contribution in [0.5, 0.6) is 5.75 Å². The van der Waals surface area contributed by atoms with Crippen molar-refractivity contribution in [3.63, 3.8) is 0 Å². The molecule has 160 valence electrons. The Morgan fingerprint density at radius 3 is 2.60 bits per heavy atom. The van der Waals surface area contributed by atoms with E-state index >= 15 is 0 Å². The van der Waals surface area contributed by atoms with Crippen molar-refractivity contribution in [3.05, 3.63) is 63.1 Å². The second-order valence-corrected chi connectivity index (χ2v) is 9.10. The number of nitrogens with zero attached hydrogens (tertiary/aromatic N) is 2. The number of carbonyl (C=O) groups excluding carboxylic acids is 1. The summed E-state index contributed by atoms with van der Waals surface area (Å²) in [5.41, 5.74) is 3.40. The van der Waals surface area contributed by atoms with Crippen LogP contribution in [0.3, 0.4) is 0 Å². The molecule has 1 saturated heterocycles. The van der Waals surface area contributed by atoms with E-state index in [-0.39, 0.29) is 11.9 Å². The molecule has 2 aliphatic rings. The molecule has 4 nitrogen and oxygen atoms in total. The van der Waals surface area contributed by atoms with E-state index in [1.165, 1.54) is 24.0 Å². The van der Waals surface area contributed by atoms with Crippen molar-refractivity contribution < 1.29 is 9.53 Å². The molecule has 0 N–H and O–H groups in total. The van der Waals surface area contributed by atoms with Crippen LogP contribution in [0, 0.1) is 0 Å². The van der Waals surface area contributed by atoms with Gasteiger partial charge in [-0.15, -0.1) is 0 Å². The normalized spacial score (nSPS) is 21.3. The van der Waals surface area contributed by atoms with Gasteiger partial charge in [0.1, 0.15) is 5.75 Å². The fourth-order valence-corrected chi connectivity index (χ4v) is 5.23. The summed E-state index contributed by atoms with van der Waals surface area (Å²) in [6.07, 6.45) is 4.84. The molecule has 0 saturated carbocycles. The van der Waals surface area contributed by atoms with Gasteiger partial charge in [0.25, 0.3) is 0 Å². The molecular weight excluding hydrogens is 419 g/mol. The molecule has 1 aliphatic carbocycles. The maximum Gasteiger partial charge on any atom is 0.227 e. The number of likely N-dealkylation sites (tertiary alicyclic amines) is 1. The Labute approximate surface area is 188 Å². The molecule has 30 heavy (non-hydrogen) atoms. The summed E-state index contributed by atoms with van der Waals surface area (Å²) in [5.74, 6) is 0.961. The first-order valence-corrected chi connectivity index (χ1v) is 11.3. The van der Waals surface area contributed by atoms with Gasteiger partial charge in [-0.05, 0) is 79.7 Å². The summed E-state index contributed by atoms with van der Waals surface area (Å²) >= 11 is 12.2. The molecule has 1 amide bonds. The third kappa shape index (κ3) is 4.32. The molecule has 1 fully saturated rings. The molecule has 0 spiro atoms. The minimum atomic E-state index is 0.0352. The molecule has 6 heteroatoms. The van der Waals surface area contributed by atoms with Crippen molar-refractivity contribution in [2.45, 2.75) is 44.2 Å². The monoisotopic (exact) mass is 446 g/mol. The zero-order chi connectivity index (χ0) is 21.3. The van der Waals surface area contributed by atoms with Crippen molar-refractivity contribution in [1.29, 1.82) is 0 Å². The van der Waals surface area contributed by atoms with Crippen molar-refractivity contribution in [3.8, 4) is 5.75 Å². The number of aryl methyl sites for hydroxylation is 1. The quantitative estimate of drug-likeness (QED) is 0.635. The number of fused-ring (bicyclic) bond motifs is 1. The van der Waals surface area contributed by atoms with Crippen molar-refractivity contribution in [2.75, 3.05) is 27.2 Å². The highest BCUT2D eigenvalue weighted by atomic mass is 35.5. The molecule has 0 aromatic heterocycles. The molecule has 4 rings (SSSR count). The van der Waals surface area contributed by atoms with Gasteiger partial charge in [0.2, 0.25) is 5.91 Å². The van der Waals surface area contributed by atoms with Crippen molar-refractivity contribution >= 4 is 29.1 Å². The minimum absolute atomic E-state index is 0.0352. The topological polar surface area (TPSA) is 32.8 Å². The lowest BCUT2D eigenvalue weighted by atomic mass is 9.82. The second-order valence-electron chi connectivity index (χ2n) is 8.29. The Hall–Kier alpha value is -1.75. The molecule has 0 bridgehead atoms. The van der Waals surface area contributed by atoms with Crippen LogP contribution in [0.4, 0.5) is 0 Å². The largest absolute Gasteiger partial charge is 0.497 e. The van der Waals surface area contributed by atoms with Crippen LogP contribution in [0.25, 0.3) is 0 Å². The lowest BCUT2D eigenvalue weighted by Crippen LogP contribution is -2.48. The Kier molecular flexibility index (Phi) is 6.57. The summed E-state index contributed by atoms with van der Waals surface area (Å²) in [6, 6.07) is 12.1. The van der Waals surface area contributed by atoms with Crippen LogP contribution < -0.4 is 4.74 Å². The van der Waals surface area contributed by atoms with Gasteiger partial charge in [-0.3, -0.25) is 9.69 Å². The van der Waals surface area contributed by atoms with Gasteiger partial charge in [0, 0.05) is 13.1 Å². The zero-order valence-corrected chi connectivity index (χ0v) is 19.0. The van der Waals surface area contributed by atoms with Gasteiger partial charge in [-0.1, -0.05) is 35.3 Å². The number of amides is 1. The predicted octanol–water partition coefficient (Wildman–Crippen LogP) is 5.15. The third-order valence-corrected chi connectivity index (χ3v) is 7.24. The van der Waals surface area contributed by atoms with E-state index in [2.05, 4.69) is 17.0 Å². The predicted molar refractivity (Wildman–Crippen MR) is 122 cm³/mol. The number of benzene rings is 2. The highest BCUT2D eigenvalue weighted by Gasteiger charge is 2.38. The number of likely N-dealkylation sites (N-methyl/N-ethyl adjacent to an activating group) is 1. The van der Waals surface area contributed by atoms with Crippen LogP contribution in [-0.4, -0.2) is 49.0 Å². The fourth-order valence-electron chi connectivity index (χ4n) is 4.91. The minimum Gasteiger partial charge on any atom is -0.497 e. The Morgan fingerprint density at radius 2 is 1.90 bits per heavy atom. The second kappa shape index (κ2) is 9.17. The zero-order valence-electron chi connectivity index (χ0n) is 17.5. The summed E-state index contributed by atoms with van der Waals surface area (Å²) in [5, 5.41) is 0.986. The summed E-state index contributed by atoms with van der Waals surface area (Å²) in [7, 11) is 3.63. The van der Waals surface area contributed by atoms with Crippen molar-refractivity contribution in [1.82, 2.24) is 9.80 Å². The van der Waals surface area contributed by atoms with E-state index in [0.29, 0.717) is 22.5 Å². The summed E-state index contributed by atoms with van der Waals surface area (Å²) in [6.45, 7) is 2.23. The van der Waals surface area contributed by atoms with E-state index in [1.54, 1.807) is 19.2 Å². The van der Waals surface area contributed by atoms with E-state index in [4.69, 9.17) is 27.9 Å². The van der Waals surface area contributed by atoms with Gasteiger partial charge in [-0.25, -0.2) is 0 Å². The molecule has 2 atom stereocenters. The maximum atomic E-state index is 13.3. The standard InChI is InChI=1S/C24H28Cl2N2O2/c1-27(23(29)14-16-5-9-20(25)21(26)13-16)24-19-8-7-18(30-2)15-17(19)6-10-22(24)28-11-3-4-12-28/h5,7-9,13,15,22,24H,3-4,6,10-12,14H2,1-2H3. The maximum absolute atomic E-state index is 13.3. The smallest absolute Gasteiger partial charge is 0.227 e. The number of methoxy groups -OCH3 is 1. The van der Waals surface area contributed by atoms with E-state index < -0.39 is 0 Å². The number of hydrogen-bond acceptors (Lipinski definition) is 3. The summed E-state index contributed by atoms with van der Waals surface area (Å²) in [4.78, 5) is 17.8. The number of carbonyl (C=O) groups is 1. The van der Waals surface area contributed by atoms with Crippen LogP contribution in [0.1, 0.15) is 42.0 Å². The molecule has 2 unspecified atom stereocenters. The average Bonchev–Trinajstić information content (AvgIpc) is 3.29. The molecule has 0 radical (unpaired) electrons. The number of hydrogen-bond donors (Lipinski definition) is 0. The van der Waals surface area contributed by atoms with Gasteiger partial charge in [-0.2, -0.15) is 0 Å². The molecule has 1 heterocycles.